The van der Waals surface area contributed by atoms with Gasteiger partial charge in [0.2, 0.25) is 0 Å². The summed E-state index contributed by atoms with van der Waals surface area (Å²) in [6.45, 7) is 6.20. The molecule has 0 fully saturated rings. The van der Waals surface area contributed by atoms with Crippen molar-refractivity contribution >= 4 is 33.2 Å². The normalized spacial score (nSPS) is 12.1. The number of anilines is 1. The van der Waals surface area contributed by atoms with E-state index in [-0.39, 0.29) is 0 Å². The van der Waals surface area contributed by atoms with Crippen LogP contribution in [0.25, 0.3) is 33.3 Å². The largest absolute Gasteiger partial charge is 0.453 e. The van der Waals surface area contributed by atoms with Gasteiger partial charge in [-0.1, -0.05) is 24.3 Å². The van der Waals surface area contributed by atoms with E-state index >= 15 is 0 Å². The van der Waals surface area contributed by atoms with Crippen LogP contribution in [0.15, 0.2) is 82.5 Å². The Labute approximate surface area is 174 Å². The highest BCUT2D eigenvalue weighted by Gasteiger charge is 2.15. The Morgan fingerprint density at radius 2 is 1.77 bits per heavy atom. The van der Waals surface area contributed by atoms with Gasteiger partial charge in [0.25, 0.3) is 0 Å². The number of hydrogen-bond acceptors (Lipinski definition) is 5. The second-order valence-electron chi connectivity index (χ2n) is 7.15. The van der Waals surface area contributed by atoms with Gasteiger partial charge in [-0.2, -0.15) is 0 Å². The van der Waals surface area contributed by atoms with Gasteiger partial charge in [-0.3, -0.25) is 4.98 Å². The molecular formula is C25H22N4O. The molecule has 5 rings (SSSR count). The van der Waals surface area contributed by atoms with Crippen LogP contribution in [0.3, 0.4) is 0 Å². The van der Waals surface area contributed by atoms with Crippen LogP contribution in [-0.4, -0.2) is 23.1 Å². The maximum absolute atomic E-state index is 6.35. The Morgan fingerprint density at radius 3 is 2.53 bits per heavy atom. The second kappa shape index (κ2) is 7.59. The molecule has 0 spiro atoms. The molecule has 2 aliphatic rings. The van der Waals surface area contributed by atoms with Gasteiger partial charge in [0.15, 0.2) is 11.3 Å². The maximum Gasteiger partial charge on any atom is 0.155 e. The number of aromatic nitrogens is 2. The van der Waals surface area contributed by atoms with Crippen LogP contribution in [0.1, 0.15) is 13.8 Å². The van der Waals surface area contributed by atoms with Crippen molar-refractivity contribution in [1.82, 2.24) is 9.97 Å². The van der Waals surface area contributed by atoms with Gasteiger partial charge in [-0.25, -0.2) is 9.98 Å². The fourth-order valence-corrected chi connectivity index (χ4v) is 3.86. The maximum atomic E-state index is 6.35. The summed E-state index contributed by atoms with van der Waals surface area (Å²) in [6, 6.07) is 20.2. The van der Waals surface area contributed by atoms with Crippen molar-refractivity contribution in [3.63, 3.8) is 0 Å². The van der Waals surface area contributed by atoms with E-state index in [0.29, 0.717) is 0 Å². The number of rotatable bonds is 4. The fraction of sp³-hybridized carbons (Fsp3) is 0.160. The monoisotopic (exact) mass is 394 g/mol. The average Bonchev–Trinajstić information content (AvgIpc) is 2.79. The molecule has 0 saturated heterocycles. The van der Waals surface area contributed by atoms with E-state index in [0.717, 1.165) is 63.1 Å². The summed E-state index contributed by atoms with van der Waals surface area (Å²) < 4.78 is 6.35. The molecule has 1 aliphatic heterocycles. The first-order valence-corrected chi connectivity index (χ1v) is 10.2. The Balaban J connectivity index is 1.80. The first kappa shape index (κ1) is 18.3. The number of nitrogens with zero attached hydrogens (tertiary/aromatic N) is 4. The van der Waals surface area contributed by atoms with Crippen LogP contribution < -0.4 is 10.3 Å². The molecule has 148 valence electrons. The lowest BCUT2D eigenvalue weighted by Crippen LogP contribution is -2.21. The highest BCUT2D eigenvalue weighted by Crippen LogP contribution is 2.31. The van der Waals surface area contributed by atoms with Crippen molar-refractivity contribution in [2.45, 2.75) is 13.8 Å². The summed E-state index contributed by atoms with van der Waals surface area (Å²) in [5.41, 5.74) is 4.41. The molecule has 3 aromatic rings. The Morgan fingerprint density at radius 1 is 0.933 bits per heavy atom. The molecule has 2 aromatic carbocycles. The van der Waals surface area contributed by atoms with E-state index in [1.807, 2.05) is 36.4 Å². The molecular weight excluding hydrogens is 372 g/mol. The van der Waals surface area contributed by atoms with Crippen molar-refractivity contribution in [3.8, 4) is 11.5 Å². The minimum absolute atomic E-state index is 0.723. The van der Waals surface area contributed by atoms with Crippen molar-refractivity contribution < 1.29 is 4.42 Å². The number of benzene rings is 3. The van der Waals surface area contributed by atoms with Gasteiger partial charge in [-0.15, -0.1) is 0 Å². The smallest absolute Gasteiger partial charge is 0.155 e. The van der Waals surface area contributed by atoms with Crippen LogP contribution >= 0.6 is 0 Å². The molecule has 0 radical (unpaired) electrons. The standard InChI is InChI=1S/C25H22N4O/c1-3-29(4-2)18-11-12-21-23(14-18)30-24-15-22(27-17-8-7-13-26-16-17)19-9-5-6-10-20(19)25(24)28-21/h5-16H,3-4H2,1-2H3. The average molecular weight is 394 g/mol. The predicted octanol–water partition coefficient (Wildman–Crippen LogP) is 5.56. The lowest BCUT2D eigenvalue weighted by molar-refractivity contribution is 0.613. The lowest BCUT2D eigenvalue weighted by atomic mass is 10.0. The van der Waals surface area contributed by atoms with Gasteiger partial charge < -0.3 is 9.32 Å². The van der Waals surface area contributed by atoms with Crippen LogP contribution in [0.2, 0.25) is 0 Å². The molecule has 0 saturated carbocycles. The molecule has 0 bridgehead atoms. The van der Waals surface area contributed by atoms with Gasteiger partial charge in [0, 0.05) is 47.9 Å². The molecule has 5 heteroatoms. The molecule has 0 atom stereocenters. The van der Waals surface area contributed by atoms with Crippen molar-refractivity contribution in [3.05, 3.63) is 78.4 Å². The highest BCUT2D eigenvalue weighted by molar-refractivity contribution is 5.96. The Hall–Kier alpha value is -3.73. The van der Waals surface area contributed by atoms with Gasteiger partial charge >= 0.3 is 0 Å². The quantitative estimate of drug-likeness (QED) is 0.296. The molecule has 5 nitrogen and oxygen atoms in total. The summed E-state index contributed by atoms with van der Waals surface area (Å²) in [4.78, 5) is 16.2. The van der Waals surface area contributed by atoms with Gasteiger partial charge in [-0.05, 0) is 38.1 Å². The minimum Gasteiger partial charge on any atom is -0.453 e. The van der Waals surface area contributed by atoms with Crippen LogP contribution in [0, 0.1) is 0 Å². The van der Waals surface area contributed by atoms with Gasteiger partial charge in [0.1, 0.15) is 11.2 Å². The van der Waals surface area contributed by atoms with E-state index in [2.05, 4.69) is 48.0 Å². The van der Waals surface area contributed by atoms with E-state index in [1.165, 1.54) is 0 Å². The third-order valence-electron chi connectivity index (χ3n) is 5.38. The zero-order valence-corrected chi connectivity index (χ0v) is 17.0. The topological polar surface area (TPSA) is 54.5 Å². The van der Waals surface area contributed by atoms with Crippen molar-refractivity contribution in [1.29, 1.82) is 0 Å². The lowest BCUT2D eigenvalue weighted by Gasteiger charge is -2.21. The fourth-order valence-electron chi connectivity index (χ4n) is 3.86. The van der Waals surface area contributed by atoms with E-state index < -0.39 is 0 Å². The number of pyridine rings is 1. The SMILES string of the molecule is CCN(CC)c1ccc2nc3c4ccccc4c(=Nc4cccnc4)cc-3oc2c1. The number of hydrogen-bond donors (Lipinski definition) is 0. The zero-order chi connectivity index (χ0) is 20.5. The molecule has 1 aromatic heterocycles. The molecule has 0 unspecified atom stereocenters. The summed E-state index contributed by atoms with van der Waals surface area (Å²) in [7, 11) is 0. The number of fused-ring (bicyclic) bond motifs is 4. The summed E-state index contributed by atoms with van der Waals surface area (Å²) in [5.74, 6) is 0.723. The molecule has 2 heterocycles. The van der Waals surface area contributed by atoms with E-state index in [9.17, 15) is 0 Å². The van der Waals surface area contributed by atoms with Crippen LogP contribution in [0.4, 0.5) is 11.4 Å². The third kappa shape index (κ3) is 3.18. The summed E-state index contributed by atoms with van der Waals surface area (Å²) in [5, 5.41) is 2.91. The van der Waals surface area contributed by atoms with Crippen LogP contribution in [0.5, 0.6) is 0 Å². The predicted molar refractivity (Wildman–Crippen MR) is 121 cm³/mol. The highest BCUT2D eigenvalue weighted by atomic mass is 16.3. The molecule has 0 amide bonds. The molecule has 0 N–H and O–H groups in total. The minimum atomic E-state index is 0.723. The van der Waals surface area contributed by atoms with Gasteiger partial charge in [0.05, 0.1) is 17.2 Å². The summed E-state index contributed by atoms with van der Waals surface area (Å²) in [6.07, 6.45) is 3.50. The van der Waals surface area contributed by atoms with Crippen LogP contribution in [-0.2, 0) is 0 Å². The third-order valence-corrected chi connectivity index (χ3v) is 5.38. The van der Waals surface area contributed by atoms with E-state index in [4.69, 9.17) is 14.4 Å². The first-order valence-electron chi connectivity index (χ1n) is 10.2. The Kier molecular flexibility index (Phi) is 4.64. The zero-order valence-electron chi connectivity index (χ0n) is 17.0. The van der Waals surface area contributed by atoms with Crippen molar-refractivity contribution in [2.75, 3.05) is 18.0 Å². The molecule has 1 aliphatic carbocycles. The molecule has 30 heavy (non-hydrogen) atoms. The second-order valence-corrected chi connectivity index (χ2v) is 7.15. The summed E-state index contributed by atoms with van der Waals surface area (Å²) >= 11 is 0. The van der Waals surface area contributed by atoms with Crippen molar-refractivity contribution in [2.24, 2.45) is 4.99 Å². The Bertz CT molecular complexity index is 1370. The van der Waals surface area contributed by atoms with E-state index in [1.54, 1.807) is 12.4 Å². The first-order chi connectivity index (χ1) is 14.8.